The number of aromatic carboxylic acids is 1. The van der Waals surface area contributed by atoms with E-state index in [1.54, 1.807) is 18.2 Å². The normalized spacial score (nSPS) is 12.3. The van der Waals surface area contributed by atoms with E-state index in [9.17, 15) is 17.4 Å². The number of nitrogens with zero attached hydrogens (tertiary/aromatic N) is 1. The number of anilines is 1. The molecular weight excluding hydrogens is 383 g/mol. The molecule has 0 saturated carbocycles. The number of aromatic nitrogens is 1. The fraction of sp³-hybridized carbons (Fsp3) is 0.0714. The maximum Gasteiger partial charge on any atom is 0.354 e. The second-order valence-electron chi connectivity index (χ2n) is 4.35. The van der Waals surface area contributed by atoms with Crippen molar-refractivity contribution in [1.82, 2.24) is 4.98 Å². The van der Waals surface area contributed by atoms with Crippen LogP contribution in [0.25, 0.3) is 0 Å². The molecule has 10 heteroatoms. The SMILES string of the molecule is CC(=O)Nc1cccc([As](=O)(O)OO)c1.O=C(O)c1ccccn1. The second kappa shape index (κ2) is 8.99. The Labute approximate surface area is 139 Å². The van der Waals surface area contributed by atoms with Crippen LogP contribution in [-0.4, -0.2) is 45.5 Å². The Bertz CT molecular complexity index is 752. The van der Waals surface area contributed by atoms with Gasteiger partial charge >= 0.3 is 94.4 Å². The van der Waals surface area contributed by atoms with Gasteiger partial charge in [0.2, 0.25) is 0 Å². The van der Waals surface area contributed by atoms with E-state index in [1.165, 1.54) is 37.4 Å². The summed E-state index contributed by atoms with van der Waals surface area (Å²) in [5.41, 5.74) is 0.449. The summed E-state index contributed by atoms with van der Waals surface area (Å²) >= 11 is -4.83. The number of carbonyl (C=O) groups is 2. The summed E-state index contributed by atoms with van der Waals surface area (Å²) in [4.78, 5) is 24.4. The van der Waals surface area contributed by atoms with E-state index < -0.39 is 20.1 Å². The maximum absolute atomic E-state index is 11.3. The van der Waals surface area contributed by atoms with Gasteiger partial charge in [0.1, 0.15) is 5.69 Å². The number of pyridine rings is 1. The zero-order valence-electron chi connectivity index (χ0n) is 12.5. The molecule has 0 saturated heterocycles. The number of hydrogen-bond donors (Lipinski definition) is 4. The van der Waals surface area contributed by atoms with Gasteiger partial charge in [-0.2, -0.15) is 0 Å². The van der Waals surface area contributed by atoms with Gasteiger partial charge in [0.15, 0.2) is 0 Å². The molecule has 0 bridgehead atoms. The molecule has 1 aromatic carbocycles. The summed E-state index contributed by atoms with van der Waals surface area (Å²) in [6, 6.07) is 10.4. The van der Waals surface area contributed by atoms with Crippen molar-refractivity contribution in [2.24, 2.45) is 0 Å². The number of nitrogens with one attached hydrogen (secondary N) is 1. The Kier molecular flexibility index (Phi) is 7.34. The van der Waals surface area contributed by atoms with E-state index in [0.29, 0.717) is 5.69 Å². The fourth-order valence-corrected chi connectivity index (χ4v) is 2.91. The van der Waals surface area contributed by atoms with Crippen molar-refractivity contribution in [2.75, 3.05) is 5.32 Å². The Hall–Kier alpha value is -2.45. The summed E-state index contributed by atoms with van der Waals surface area (Å²) in [6.07, 6.45) is 1.45. The fourth-order valence-electron chi connectivity index (χ4n) is 1.50. The standard InChI is InChI=1S/C8H10AsNO5.C6H5NO2/c1-6(11)10-8-4-2-3-7(5-8)9(12,13)15-14;8-6(9)5-3-1-2-4-7-5/h2-5,14H,1H3,(H,10,11)(H,12,13);1-4H,(H,8,9). The maximum atomic E-state index is 11.3. The average molecular weight is 398 g/mol. The van der Waals surface area contributed by atoms with Crippen LogP contribution in [0.4, 0.5) is 5.69 Å². The molecule has 0 aliphatic carbocycles. The number of amides is 1. The van der Waals surface area contributed by atoms with Gasteiger partial charge in [-0.1, -0.05) is 6.07 Å². The number of carboxylic acid groups (broad SMARTS) is 1. The van der Waals surface area contributed by atoms with Gasteiger partial charge in [-0.25, -0.2) is 9.78 Å². The molecule has 2 rings (SSSR count). The first-order valence-electron chi connectivity index (χ1n) is 6.45. The Morgan fingerprint density at radius 3 is 2.38 bits per heavy atom. The molecule has 128 valence electrons. The van der Waals surface area contributed by atoms with Gasteiger partial charge in [-0.05, 0) is 12.1 Å². The topological polar surface area (TPSA) is 146 Å². The minimum Gasteiger partial charge on any atom is -0.477 e. The molecule has 1 amide bonds. The molecule has 9 nitrogen and oxygen atoms in total. The van der Waals surface area contributed by atoms with Crippen LogP contribution in [0.3, 0.4) is 0 Å². The van der Waals surface area contributed by atoms with E-state index >= 15 is 0 Å². The molecule has 0 aliphatic heterocycles. The molecule has 0 fully saturated rings. The van der Waals surface area contributed by atoms with Crippen LogP contribution in [0.5, 0.6) is 0 Å². The van der Waals surface area contributed by atoms with Crippen LogP contribution in [0.1, 0.15) is 17.4 Å². The van der Waals surface area contributed by atoms with Crippen molar-refractivity contribution in [3.8, 4) is 0 Å². The summed E-state index contributed by atoms with van der Waals surface area (Å²) in [7, 11) is 0. The molecule has 2 aromatic rings. The average Bonchev–Trinajstić information content (AvgIpc) is 2.56. The molecule has 24 heavy (non-hydrogen) atoms. The molecule has 0 spiro atoms. The van der Waals surface area contributed by atoms with Crippen LogP contribution in [0.15, 0.2) is 48.7 Å². The van der Waals surface area contributed by atoms with Crippen molar-refractivity contribution < 1.29 is 31.7 Å². The monoisotopic (exact) mass is 398 g/mol. The Balaban J connectivity index is 0.000000272. The van der Waals surface area contributed by atoms with Crippen LogP contribution < -0.4 is 9.67 Å². The summed E-state index contributed by atoms with van der Waals surface area (Å²) in [5.74, 6) is -1.28. The second-order valence-corrected chi connectivity index (χ2v) is 7.96. The molecule has 0 aliphatic rings. The number of rotatable bonds is 4. The molecule has 1 heterocycles. The quantitative estimate of drug-likeness (QED) is 0.331. The summed E-state index contributed by atoms with van der Waals surface area (Å²) in [5, 5.41) is 19.0. The zero-order valence-corrected chi connectivity index (χ0v) is 14.4. The minimum atomic E-state index is -4.83. The molecule has 1 atom stereocenters. The van der Waals surface area contributed by atoms with E-state index in [4.69, 9.17) is 10.4 Å². The smallest absolute Gasteiger partial charge is 0.354 e. The van der Waals surface area contributed by atoms with E-state index in [-0.39, 0.29) is 16.0 Å². The number of benzene rings is 1. The van der Waals surface area contributed by atoms with Crippen molar-refractivity contribution in [1.29, 1.82) is 0 Å². The third-order valence-electron chi connectivity index (χ3n) is 2.49. The van der Waals surface area contributed by atoms with Crippen LogP contribution in [0, 0.1) is 0 Å². The third kappa shape index (κ3) is 6.35. The van der Waals surface area contributed by atoms with Gasteiger partial charge in [0.05, 0.1) is 0 Å². The predicted octanol–water partition coefficient (Wildman–Crippen LogP) is 0.483. The Morgan fingerprint density at radius 1 is 1.21 bits per heavy atom. The number of carboxylic acids is 1. The molecule has 4 N–H and O–H groups in total. The predicted molar refractivity (Wildman–Crippen MR) is 83.9 cm³/mol. The largest absolute Gasteiger partial charge is 0.477 e. The van der Waals surface area contributed by atoms with E-state index in [1.807, 2.05) is 0 Å². The first kappa shape index (κ1) is 19.6. The molecule has 1 unspecified atom stereocenters. The van der Waals surface area contributed by atoms with Crippen LogP contribution >= 0.6 is 0 Å². The van der Waals surface area contributed by atoms with Crippen LogP contribution in [-0.2, 0) is 12.4 Å². The summed E-state index contributed by atoms with van der Waals surface area (Å²) < 4.78 is 23.9. The van der Waals surface area contributed by atoms with Gasteiger partial charge in [-0.15, -0.1) is 0 Å². The van der Waals surface area contributed by atoms with Gasteiger partial charge in [0.25, 0.3) is 0 Å². The van der Waals surface area contributed by atoms with E-state index in [2.05, 4.69) is 14.2 Å². The number of carbonyl (C=O) groups excluding carboxylic acids is 1. The minimum absolute atomic E-state index is 0.0399. The molecule has 0 radical (unpaired) electrons. The third-order valence-corrected chi connectivity index (χ3v) is 4.90. The first-order chi connectivity index (χ1) is 11.3. The molecular formula is C14H15AsN2O7. The first-order valence-corrected chi connectivity index (χ1v) is 9.75. The van der Waals surface area contributed by atoms with Gasteiger partial charge in [0, 0.05) is 6.20 Å². The van der Waals surface area contributed by atoms with Gasteiger partial charge in [-0.3, -0.25) is 0 Å². The molecule has 1 aromatic heterocycles. The van der Waals surface area contributed by atoms with Crippen molar-refractivity contribution >= 4 is 36.1 Å². The zero-order chi connectivity index (χ0) is 18.2. The van der Waals surface area contributed by atoms with Gasteiger partial charge < -0.3 is 5.11 Å². The van der Waals surface area contributed by atoms with Crippen LogP contribution in [0.2, 0.25) is 0 Å². The summed E-state index contributed by atoms with van der Waals surface area (Å²) in [6.45, 7) is 1.32. The van der Waals surface area contributed by atoms with Crippen molar-refractivity contribution in [3.05, 3.63) is 54.4 Å². The van der Waals surface area contributed by atoms with Crippen molar-refractivity contribution in [2.45, 2.75) is 6.92 Å². The number of hydrogen-bond acceptors (Lipinski definition) is 6. The Morgan fingerprint density at radius 2 is 1.92 bits per heavy atom. The van der Waals surface area contributed by atoms with Crippen molar-refractivity contribution in [3.63, 3.8) is 0 Å². The van der Waals surface area contributed by atoms with E-state index in [0.717, 1.165) is 0 Å².